The monoisotopic (exact) mass is 234 g/mol. The standard InChI is InChI=1S/C14H22N2O/c1-11-12(2)14(17)4-3-13(11)5-8-16-9-6-15-7-10-16/h3-4,15,17H,5-10H2,1-2H3. The van der Waals surface area contributed by atoms with Crippen LogP contribution >= 0.6 is 0 Å². The fraction of sp³-hybridized carbons (Fsp3) is 0.571. The van der Waals surface area contributed by atoms with E-state index in [0.29, 0.717) is 5.75 Å². The third kappa shape index (κ3) is 2.99. The first kappa shape index (κ1) is 12.4. The molecule has 0 aromatic heterocycles. The van der Waals surface area contributed by atoms with Crippen LogP contribution in [0.25, 0.3) is 0 Å². The Morgan fingerprint density at radius 1 is 1.18 bits per heavy atom. The zero-order valence-corrected chi connectivity index (χ0v) is 10.8. The number of aromatic hydroxyl groups is 1. The molecule has 0 aliphatic carbocycles. The largest absolute Gasteiger partial charge is 0.508 e. The van der Waals surface area contributed by atoms with E-state index in [-0.39, 0.29) is 0 Å². The minimum absolute atomic E-state index is 0.411. The van der Waals surface area contributed by atoms with Gasteiger partial charge in [-0.1, -0.05) is 6.07 Å². The van der Waals surface area contributed by atoms with E-state index in [1.54, 1.807) is 0 Å². The maximum atomic E-state index is 9.62. The third-order valence-electron chi connectivity index (χ3n) is 3.78. The van der Waals surface area contributed by atoms with Crippen molar-refractivity contribution in [2.45, 2.75) is 20.3 Å². The van der Waals surface area contributed by atoms with E-state index in [2.05, 4.69) is 23.2 Å². The summed E-state index contributed by atoms with van der Waals surface area (Å²) in [5.74, 6) is 0.411. The van der Waals surface area contributed by atoms with Crippen molar-refractivity contribution in [1.29, 1.82) is 0 Å². The first-order valence-corrected chi connectivity index (χ1v) is 6.39. The number of piperazine rings is 1. The van der Waals surface area contributed by atoms with E-state index in [0.717, 1.165) is 44.7 Å². The van der Waals surface area contributed by atoms with E-state index in [1.807, 2.05) is 13.0 Å². The molecule has 2 N–H and O–H groups in total. The molecule has 1 aliphatic rings. The van der Waals surface area contributed by atoms with Gasteiger partial charge >= 0.3 is 0 Å². The Hall–Kier alpha value is -1.06. The summed E-state index contributed by atoms with van der Waals surface area (Å²) >= 11 is 0. The Kier molecular flexibility index (Phi) is 4.02. The molecule has 1 heterocycles. The van der Waals surface area contributed by atoms with Crippen LogP contribution in [0.4, 0.5) is 0 Å². The van der Waals surface area contributed by atoms with Gasteiger partial charge in [0.1, 0.15) is 5.75 Å². The molecule has 0 unspecified atom stereocenters. The molecule has 0 bridgehead atoms. The van der Waals surface area contributed by atoms with Gasteiger partial charge in [0.05, 0.1) is 0 Å². The highest BCUT2D eigenvalue weighted by atomic mass is 16.3. The minimum Gasteiger partial charge on any atom is -0.508 e. The molecule has 0 spiro atoms. The van der Waals surface area contributed by atoms with Crippen molar-refractivity contribution < 1.29 is 5.11 Å². The molecule has 1 aliphatic heterocycles. The number of phenols is 1. The fourth-order valence-corrected chi connectivity index (χ4v) is 2.35. The van der Waals surface area contributed by atoms with Crippen LogP contribution in [0.2, 0.25) is 0 Å². The smallest absolute Gasteiger partial charge is 0.118 e. The maximum absolute atomic E-state index is 9.62. The first-order chi connectivity index (χ1) is 8.18. The number of phenolic OH excluding ortho intramolecular Hbond substituents is 1. The van der Waals surface area contributed by atoms with Gasteiger partial charge in [0, 0.05) is 32.7 Å². The average Bonchev–Trinajstić information content (AvgIpc) is 2.36. The second kappa shape index (κ2) is 5.52. The van der Waals surface area contributed by atoms with E-state index in [9.17, 15) is 5.11 Å². The Bertz CT molecular complexity index is 384. The normalized spacial score (nSPS) is 17.3. The molecular formula is C14H22N2O. The Balaban J connectivity index is 1.96. The Labute approximate surface area is 103 Å². The lowest BCUT2D eigenvalue weighted by molar-refractivity contribution is 0.244. The van der Waals surface area contributed by atoms with Gasteiger partial charge in [-0.15, -0.1) is 0 Å². The van der Waals surface area contributed by atoms with Crippen LogP contribution < -0.4 is 5.32 Å². The molecule has 94 valence electrons. The number of nitrogens with zero attached hydrogens (tertiary/aromatic N) is 1. The Morgan fingerprint density at radius 3 is 2.59 bits per heavy atom. The summed E-state index contributed by atoms with van der Waals surface area (Å²) in [5, 5.41) is 13.0. The van der Waals surface area contributed by atoms with Crippen LogP contribution in [0.5, 0.6) is 5.75 Å². The lowest BCUT2D eigenvalue weighted by atomic mass is 10.00. The molecule has 3 nitrogen and oxygen atoms in total. The average molecular weight is 234 g/mol. The van der Waals surface area contributed by atoms with Gasteiger partial charge in [0.25, 0.3) is 0 Å². The molecule has 1 fully saturated rings. The number of benzene rings is 1. The van der Waals surface area contributed by atoms with E-state index >= 15 is 0 Å². The van der Waals surface area contributed by atoms with Gasteiger partial charge in [-0.05, 0) is 43.0 Å². The molecule has 0 atom stereocenters. The van der Waals surface area contributed by atoms with E-state index < -0.39 is 0 Å². The van der Waals surface area contributed by atoms with Crippen molar-refractivity contribution in [3.8, 4) is 5.75 Å². The van der Waals surface area contributed by atoms with Gasteiger partial charge in [-0.3, -0.25) is 0 Å². The van der Waals surface area contributed by atoms with Gasteiger partial charge in [-0.25, -0.2) is 0 Å². The fourth-order valence-electron chi connectivity index (χ4n) is 2.35. The summed E-state index contributed by atoms with van der Waals surface area (Å²) in [7, 11) is 0. The SMILES string of the molecule is Cc1c(O)ccc(CCN2CCNCC2)c1C. The van der Waals surface area contributed by atoms with Gasteiger partial charge < -0.3 is 15.3 Å². The third-order valence-corrected chi connectivity index (χ3v) is 3.78. The predicted octanol–water partition coefficient (Wildman–Crippen LogP) is 1.46. The lowest BCUT2D eigenvalue weighted by Gasteiger charge is -2.27. The molecule has 0 amide bonds. The van der Waals surface area contributed by atoms with Crippen LogP contribution in [0.1, 0.15) is 16.7 Å². The van der Waals surface area contributed by atoms with Gasteiger partial charge in [0.2, 0.25) is 0 Å². The second-order valence-electron chi connectivity index (χ2n) is 4.84. The summed E-state index contributed by atoms with van der Waals surface area (Å²) < 4.78 is 0. The highest BCUT2D eigenvalue weighted by molar-refractivity contribution is 5.42. The van der Waals surface area contributed by atoms with E-state index in [4.69, 9.17) is 0 Å². The maximum Gasteiger partial charge on any atom is 0.118 e. The quantitative estimate of drug-likeness (QED) is 0.831. The summed E-state index contributed by atoms with van der Waals surface area (Å²) in [6.07, 6.45) is 1.08. The van der Waals surface area contributed by atoms with Crippen molar-refractivity contribution in [1.82, 2.24) is 10.2 Å². The number of hydrogen-bond acceptors (Lipinski definition) is 3. The van der Waals surface area contributed by atoms with Crippen molar-refractivity contribution in [3.05, 3.63) is 28.8 Å². The summed E-state index contributed by atoms with van der Waals surface area (Å²) in [4.78, 5) is 2.50. The zero-order valence-electron chi connectivity index (χ0n) is 10.8. The van der Waals surface area contributed by atoms with Gasteiger partial charge in [-0.2, -0.15) is 0 Å². The van der Waals surface area contributed by atoms with Crippen molar-refractivity contribution in [2.24, 2.45) is 0 Å². The molecule has 1 saturated heterocycles. The number of nitrogens with one attached hydrogen (secondary N) is 1. The summed E-state index contributed by atoms with van der Waals surface area (Å²) in [6, 6.07) is 3.87. The highest BCUT2D eigenvalue weighted by Crippen LogP contribution is 2.23. The lowest BCUT2D eigenvalue weighted by Crippen LogP contribution is -2.44. The van der Waals surface area contributed by atoms with Crippen molar-refractivity contribution >= 4 is 0 Å². The Morgan fingerprint density at radius 2 is 1.88 bits per heavy atom. The second-order valence-corrected chi connectivity index (χ2v) is 4.84. The number of rotatable bonds is 3. The zero-order chi connectivity index (χ0) is 12.3. The summed E-state index contributed by atoms with van der Waals surface area (Å²) in [6.45, 7) is 9.71. The highest BCUT2D eigenvalue weighted by Gasteiger charge is 2.11. The topological polar surface area (TPSA) is 35.5 Å². The van der Waals surface area contributed by atoms with Crippen LogP contribution in [-0.4, -0.2) is 42.7 Å². The molecule has 17 heavy (non-hydrogen) atoms. The molecule has 2 rings (SSSR count). The molecule has 1 aromatic rings. The van der Waals surface area contributed by atoms with Gasteiger partial charge in [0.15, 0.2) is 0 Å². The summed E-state index contributed by atoms with van der Waals surface area (Å²) in [5.41, 5.74) is 3.61. The van der Waals surface area contributed by atoms with Crippen LogP contribution in [-0.2, 0) is 6.42 Å². The van der Waals surface area contributed by atoms with E-state index in [1.165, 1.54) is 11.1 Å². The van der Waals surface area contributed by atoms with Crippen molar-refractivity contribution in [2.75, 3.05) is 32.7 Å². The molecule has 0 radical (unpaired) electrons. The molecular weight excluding hydrogens is 212 g/mol. The van der Waals surface area contributed by atoms with Crippen LogP contribution in [0.15, 0.2) is 12.1 Å². The molecule has 0 saturated carbocycles. The van der Waals surface area contributed by atoms with Crippen LogP contribution in [0.3, 0.4) is 0 Å². The van der Waals surface area contributed by atoms with Crippen molar-refractivity contribution in [3.63, 3.8) is 0 Å². The molecule has 3 heteroatoms. The van der Waals surface area contributed by atoms with Crippen LogP contribution in [0, 0.1) is 13.8 Å². The molecule has 1 aromatic carbocycles. The minimum atomic E-state index is 0.411. The predicted molar refractivity (Wildman–Crippen MR) is 70.6 cm³/mol. The number of hydrogen-bond donors (Lipinski definition) is 2. The first-order valence-electron chi connectivity index (χ1n) is 6.39.